The highest BCUT2D eigenvalue weighted by Gasteiger charge is 2.42. The standard InChI is InChI=1S/C27H31N7O4S/c35-20(7-4-12-33-10-1-2-11-33)29-21-9-8-19(39-21)25-23-24(30-31-25)17-5-3-6-18(22(17)26(23)36)28-27(37)32-34-13-15-38-16-14-34/h3,5-6,8-9,24H,1-2,4,7,10-16H2,(H,29,35)(H2,28,32,37). The summed E-state index contributed by atoms with van der Waals surface area (Å²) >= 11 is 1.38. The Balaban J connectivity index is 1.13. The summed E-state index contributed by atoms with van der Waals surface area (Å²) in [6, 6.07) is 8.15. The number of hydrazine groups is 1. The summed E-state index contributed by atoms with van der Waals surface area (Å²) in [7, 11) is 0. The zero-order valence-electron chi connectivity index (χ0n) is 21.6. The Bertz CT molecular complexity index is 1340. The first kappa shape index (κ1) is 25.8. The number of thiophene rings is 1. The van der Waals surface area contributed by atoms with Crippen LogP contribution >= 0.6 is 11.3 Å². The number of hydrogen-bond donors (Lipinski definition) is 3. The normalized spacial score (nSPS) is 20.8. The summed E-state index contributed by atoms with van der Waals surface area (Å²) in [4.78, 5) is 41.9. The van der Waals surface area contributed by atoms with Crippen LogP contribution in [-0.2, 0) is 9.53 Å². The molecule has 2 saturated heterocycles. The topological polar surface area (TPSA) is 128 Å². The van der Waals surface area contributed by atoms with Crippen LogP contribution in [0.1, 0.15) is 52.5 Å². The van der Waals surface area contributed by atoms with Gasteiger partial charge in [0.1, 0.15) is 11.7 Å². The lowest BCUT2D eigenvalue weighted by atomic mass is 10.1. The van der Waals surface area contributed by atoms with Gasteiger partial charge in [0.15, 0.2) is 5.78 Å². The molecule has 3 aliphatic heterocycles. The van der Waals surface area contributed by atoms with Crippen LogP contribution in [0.5, 0.6) is 0 Å². The predicted molar refractivity (Wildman–Crippen MR) is 148 cm³/mol. The van der Waals surface area contributed by atoms with Gasteiger partial charge in [-0.1, -0.05) is 12.1 Å². The van der Waals surface area contributed by atoms with E-state index in [1.165, 1.54) is 24.2 Å². The maximum absolute atomic E-state index is 13.6. The fraction of sp³-hybridized carbons (Fsp3) is 0.444. The first-order chi connectivity index (χ1) is 19.1. The van der Waals surface area contributed by atoms with Crippen molar-refractivity contribution in [3.63, 3.8) is 0 Å². The third-order valence-corrected chi connectivity index (χ3v) is 8.37. The van der Waals surface area contributed by atoms with Crippen molar-refractivity contribution in [1.29, 1.82) is 0 Å². The van der Waals surface area contributed by atoms with Crippen molar-refractivity contribution in [1.82, 2.24) is 15.3 Å². The van der Waals surface area contributed by atoms with Gasteiger partial charge in [-0.3, -0.25) is 15.0 Å². The van der Waals surface area contributed by atoms with Gasteiger partial charge in [-0.2, -0.15) is 10.2 Å². The molecule has 4 aliphatic rings. The number of likely N-dealkylation sites (tertiary alicyclic amines) is 1. The summed E-state index contributed by atoms with van der Waals surface area (Å²) in [6.45, 7) is 5.51. The number of nitrogens with zero attached hydrogens (tertiary/aromatic N) is 4. The molecule has 1 aliphatic carbocycles. The van der Waals surface area contributed by atoms with Gasteiger partial charge in [0, 0.05) is 19.5 Å². The van der Waals surface area contributed by atoms with E-state index in [9.17, 15) is 14.4 Å². The van der Waals surface area contributed by atoms with Gasteiger partial charge >= 0.3 is 6.03 Å². The molecule has 0 spiro atoms. The van der Waals surface area contributed by atoms with Gasteiger partial charge in [-0.25, -0.2) is 9.80 Å². The molecule has 3 amide bonds. The van der Waals surface area contributed by atoms with Crippen LogP contribution in [0.3, 0.4) is 0 Å². The number of nitrogens with one attached hydrogen (secondary N) is 3. The molecule has 1 unspecified atom stereocenters. The number of ketones is 1. The smallest absolute Gasteiger partial charge is 0.333 e. The minimum Gasteiger partial charge on any atom is -0.379 e. The summed E-state index contributed by atoms with van der Waals surface area (Å²) < 4.78 is 5.31. The van der Waals surface area contributed by atoms with Crippen LogP contribution in [0.15, 0.2) is 46.1 Å². The number of benzene rings is 1. The van der Waals surface area contributed by atoms with E-state index < -0.39 is 12.1 Å². The van der Waals surface area contributed by atoms with Crippen LogP contribution in [-0.4, -0.2) is 73.6 Å². The van der Waals surface area contributed by atoms with E-state index in [-0.39, 0.29) is 11.7 Å². The monoisotopic (exact) mass is 549 g/mol. The fourth-order valence-corrected chi connectivity index (χ4v) is 6.37. The number of urea groups is 1. The van der Waals surface area contributed by atoms with Gasteiger partial charge in [-0.15, -0.1) is 11.3 Å². The van der Waals surface area contributed by atoms with Gasteiger partial charge in [0.25, 0.3) is 0 Å². The first-order valence-corrected chi connectivity index (χ1v) is 14.2. The average molecular weight is 550 g/mol. The van der Waals surface area contributed by atoms with E-state index in [4.69, 9.17) is 4.74 Å². The van der Waals surface area contributed by atoms with E-state index in [1.54, 1.807) is 17.1 Å². The molecule has 1 aromatic carbocycles. The molecule has 12 heteroatoms. The molecular weight excluding hydrogens is 518 g/mol. The molecule has 2 aromatic rings. The quantitative estimate of drug-likeness (QED) is 0.456. The molecule has 4 heterocycles. The molecule has 6 rings (SSSR count). The zero-order valence-corrected chi connectivity index (χ0v) is 22.4. The lowest BCUT2D eigenvalue weighted by Crippen LogP contribution is -2.49. The van der Waals surface area contributed by atoms with Crippen LogP contribution in [0.2, 0.25) is 0 Å². The lowest BCUT2D eigenvalue weighted by molar-refractivity contribution is -0.116. The Hall–Kier alpha value is -3.45. The molecule has 11 nitrogen and oxygen atoms in total. The molecule has 0 bridgehead atoms. The second kappa shape index (κ2) is 11.3. The van der Waals surface area contributed by atoms with Gasteiger partial charge in [-0.05, 0) is 62.7 Å². The van der Waals surface area contributed by atoms with Crippen molar-refractivity contribution in [2.75, 3.05) is 56.6 Å². The Labute approximate surface area is 230 Å². The Kier molecular flexibility index (Phi) is 7.51. The first-order valence-electron chi connectivity index (χ1n) is 13.4. The van der Waals surface area contributed by atoms with Crippen molar-refractivity contribution >= 4 is 45.4 Å². The Morgan fingerprint density at radius 1 is 1.05 bits per heavy atom. The number of amides is 3. The minimum absolute atomic E-state index is 0.0124. The number of azo groups is 1. The zero-order chi connectivity index (χ0) is 26.8. The van der Waals surface area contributed by atoms with Crippen molar-refractivity contribution < 1.29 is 19.1 Å². The number of anilines is 2. The fourth-order valence-electron chi connectivity index (χ4n) is 5.45. The highest BCUT2D eigenvalue weighted by atomic mass is 32.1. The lowest BCUT2D eigenvalue weighted by Gasteiger charge is -2.27. The molecule has 1 aromatic heterocycles. The number of rotatable bonds is 8. The molecular formula is C27H31N7O4S. The molecule has 1 atom stereocenters. The highest BCUT2D eigenvalue weighted by molar-refractivity contribution is 7.17. The van der Waals surface area contributed by atoms with Crippen molar-refractivity contribution in [3.8, 4) is 0 Å². The van der Waals surface area contributed by atoms with Crippen LogP contribution in [0, 0.1) is 0 Å². The average Bonchev–Trinajstić information content (AvgIpc) is 3.72. The minimum atomic E-state index is -0.503. The highest BCUT2D eigenvalue weighted by Crippen LogP contribution is 2.50. The number of morpholine rings is 1. The summed E-state index contributed by atoms with van der Waals surface area (Å²) in [5, 5.41) is 17.1. The van der Waals surface area contributed by atoms with E-state index >= 15 is 0 Å². The Morgan fingerprint density at radius 3 is 2.69 bits per heavy atom. The predicted octanol–water partition coefficient (Wildman–Crippen LogP) is 4.05. The van der Waals surface area contributed by atoms with E-state index in [0.717, 1.165) is 36.5 Å². The number of carbonyl (C=O) groups is 3. The molecule has 204 valence electrons. The van der Waals surface area contributed by atoms with Gasteiger partial charge < -0.3 is 20.3 Å². The van der Waals surface area contributed by atoms with Crippen LogP contribution < -0.4 is 16.1 Å². The molecule has 3 N–H and O–H groups in total. The van der Waals surface area contributed by atoms with E-state index in [2.05, 4.69) is 31.2 Å². The van der Waals surface area contributed by atoms with Crippen LogP contribution in [0.25, 0.3) is 5.70 Å². The van der Waals surface area contributed by atoms with Crippen molar-refractivity contribution in [2.45, 2.75) is 31.7 Å². The molecule has 0 radical (unpaired) electrons. The van der Waals surface area contributed by atoms with Crippen molar-refractivity contribution in [2.24, 2.45) is 10.2 Å². The van der Waals surface area contributed by atoms with Gasteiger partial charge in [0.2, 0.25) is 5.91 Å². The maximum Gasteiger partial charge on any atom is 0.333 e. The summed E-state index contributed by atoms with van der Waals surface area (Å²) in [6.07, 6.45) is 3.80. The van der Waals surface area contributed by atoms with E-state index in [0.29, 0.717) is 60.2 Å². The summed E-state index contributed by atoms with van der Waals surface area (Å²) in [5.74, 6) is -0.209. The van der Waals surface area contributed by atoms with Crippen molar-refractivity contribution in [3.05, 3.63) is 51.9 Å². The Morgan fingerprint density at radius 2 is 1.87 bits per heavy atom. The second-order valence-corrected chi connectivity index (χ2v) is 11.1. The van der Waals surface area contributed by atoms with Gasteiger partial charge in [0.05, 0.1) is 39.9 Å². The number of hydrogen-bond acceptors (Lipinski definition) is 9. The largest absolute Gasteiger partial charge is 0.379 e. The number of Topliss-reactive ketones (excluding diaryl/α,β-unsaturated/α-hetero) is 1. The summed E-state index contributed by atoms with van der Waals surface area (Å²) in [5.41, 5.74) is 5.42. The molecule has 39 heavy (non-hydrogen) atoms. The number of fused-ring (bicyclic) bond motifs is 3. The molecule has 2 fully saturated rings. The third-order valence-electron chi connectivity index (χ3n) is 7.36. The van der Waals surface area contributed by atoms with E-state index in [1.807, 2.05) is 18.2 Å². The third kappa shape index (κ3) is 5.50. The second-order valence-electron chi connectivity index (χ2n) is 10.0. The molecule has 0 saturated carbocycles. The number of ether oxygens (including phenoxy) is 1. The number of carbonyl (C=O) groups excluding carboxylic acids is 3. The SMILES string of the molecule is O=C(CCCN1CCCC1)Nc1ccc(C2=C3C(=O)c4c(NC(=O)NN5CCOCC5)cccc4C3N=N2)s1. The van der Waals surface area contributed by atoms with Crippen LogP contribution in [0.4, 0.5) is 15.5 Å². The maximum atomic E-state index is 13.6.